The highest BCUT2D eigenvalue weighted by atomic mass is 14.7. The van der Waals surface area contributed by atoms with Gasteiger partial charge in [-0.3, -0.25) is 4.99 Å². The average molecular weight is 205 g/mol. The van der Waals surface area contributed by atoms with E-state index in [4.69, 9.17) is 0 Å². The van der Waals surface area contributed by atoms with E-state index in [0.717, 1.165) is 23.1 Å². The summed E-state index contributed by atoms with van der Waals surface area (Å²) in [5, 5.41) is 0. The second-order valence-electron chi connectivity index (χ2n) is 3.10. The highest BCUT2D eigenvalue weighted by molar-refractivity contribution is 5.48. The van der Waals surface area contributed by atoms with E-state index < -0.39 is 0 Å². The standard InChI is InChI=1S/C10H11N.2C2H6/c1-3-7-4-8-5-9(8)6-10(7)11-2;2*1-2/h3-4,6,8-9H,1-2,5H2;2*1-2H3. The van der Waals surface area contributed by atoms with Crippen molar-refractivity contribution in [2.24, 2.45) is 16.8 Å². The molecule has 1 heteroatoms. The van der Waals surface area contributed by atoms with Crippen LogP contribution in [0.5, 0.6) is 0 Å². The zero-order valence-corrected chi connectivity index (χ0v) is 10.5. The summed E-state index contributed by atoms with van der Waals surface area (Å²) in [5.74, 6) is 1.52. The number of nitrogens with zero attached hydrogens (tertiary/aromatic N) is 1. The quantitative estimate of drug-likeness (QED) is 0.593. The molecule has 2 aliphatic rings. The van der Waals surface area contributed by atoms with Crippen LogP contribution in [-0.2, 0) is 0 Å². The van der Waals surface area contributed by atoms with Crippen LogP contribution < -0.4 is 0 Å². The molecule has 0 saturated heterocycles. The van der Waals surface area contributed by atoms with E-state index in [1.54, 1.807) is 0 Å². The number of fused-ring (bicyclic) bond motifs is 1. The minimum absolute atomic E-state index is 0.749. The smallest absolute Gasteiger partial charge is 0.0654 e. The maximum absolute atomic E-state index is 3.95. The van der Waals surface area contributed by atoms with Crippen LogP contribution in [0.3, 0.4) is 0 Å². The van der Waals surface area contributed by atoms with Crippen molar-refractivity contribution < 1.29 is 0 Å². The van der Waals surface area contributed by atoms with Crippen molar-refractivity contribution in [3.8, 4) is 0 Å². The van der Waals surface area contributed by atoms with Crippen molar-refractivity contribution >= 4 is 6.72 Å². The van der Waals surface area contributed by atoms with Crippen molar-refractivity contribution in [1.82, 2.24) is 0 Å². The fourth-order valence-electron chi connectivity index (χ4n) is 1.55. The van der Waals surface area contributed by atoms with Gasteiger partial charge >= 0.3 is 0 Å². The summed E-state index contributed by atoms with van der Waals surface area (Å²) >= 11 is 0. The minimum Gasteiger partial charge on any atom is -0.264 e. The summed E-state index contributed by atoms with van der Waals surface area (Å²) in [6, 6.07) is 0. The van der Waals surface area contributed by atoms with E-state index in [2.05, 4.69) is 30.4 Å². The summed E-state index contributed by atoms with van der Waals surface area (Å²) < 4.78 is 0. The molecule has 1 fully saturated rings. The lowest BCUT2D eigenvalue weighted by Crippen LogP contribution is -1.91. The van der Waals surface area contributed by atoms with Crippen LogP contribution in [-0.4, -0.2) is 6.72 Å². The largest absolute Gasteiger partial charge is 0.264 e. The lowest BCUT2D eigenvalue weighted by Gasteiger charge is -2.06. The van der Waals surface area contributed by atoms with Crippen LogP contribution in [0.2, 0.25) is 0 Å². The predicted octanol–water partition coefficient (Wildman–Crippen LogP) is 4.39. The Morgan fingerprint density at radius 2 is 1.73 bits per heavy atom. The second-order valence-corrected chi connectivity index (χ2v) is 3.10. The van der Waals surface area contributed by atoms with E-state index >= 15 is 0 Å². The first-order valence-corrected chi connectivity index (χ1v) is 5.88. The minimum atomic E-state index is 0.749. The van der Waals surface area contributed by atoms with Crippen molar-refractivity contribution in [2.45, 2.75) is 34.1 Å². The van der Waals surface area contributed by atoms with Crippen LogP contribution in [0.1, 0.15) is 34.1 Å². The van der Waals surface area contributed by atoms with Crippen LogP contribution in [0, 0.1) is 11.8 Å². The SMILES string of the molecule is C=CC1=CC2CC2C=C1N=C.CC.CC. The molecule has 2 unspecified atom stereocenters. The molecule has 0 amide bonds. The number of allylic oxidation sites excluding steroid dienone is 3. The van der Waals surface area contributed by atoms with Gasteiger partial charge < -0.3 is 0 Å². The third kappa shape index (κ3) is 3.50. The molecular weight excluding hydrogens is 182 g/mol. The highest BCUT2D eigenvalue weighted by Crippen LogP contribution is 2.46. The molecule has 0 aliphatic heterocycles. The third-order valence-corrected chi connectivity index (χ3v) is 2.34. The van der Waals surface area contributed by atoms with Gasteiger partial charge in [0, 0.05) is 0 Å². The fourth-order valence-corrected chi connectivity index (χ4v) is 1.55. The normalized spacial score (nSPS) is 25.1. The van der Waals surface area contributed by atoms with Gasteiger partial charge in [0.2, 0.25) is 0 Å². The maximum atomic E-state index is 3.95. The van der Waals surface area contributed by atoms with Gasteiger partial charge in [0.05, 0.1) is 5.70 Å². The number of hydrogen-bond acceptors (Lipinski definition) is 1. The Hall–Kier alpha value is -1.11. The molecule has 0 aromatic rings. The van der Waals surface area contributed by atoms with Gasteiger partial charge in [-0.2, -0.15) is 0 Å². The topological polar surface area (TPSA) is 12.4 Å². The molecule has 0 bridgehead atoms. The predicted molar refractivity (Wildman–Crippen MR) is 70.2 cm³/mol. The van der Waals surface area contributed by atoms with Crippen molar-refractivity contribution in [1.29, 1.82) is 0 Å². The lowest BCUT2D eigenvalue weighted by molar-refractivity contribution is 0.947. The molecule has 0 heterocycles. The van der Waals surface area contributed by atoms with E-state index in [1.165, 1.54) is 6.42 Å². The Bertz CT molecular complexity index is 243. The monoisotopic (exact) mass is 205 g/mol. The Morgan fingerprint density at radius 1 is 1.20 bits per heavy atom. The Morgan fingerprint density at radius 3 is 2.20 bits per heavy atom. The van der Waals surface area contributed by atoms with Gasteiger partial charge in [-0.1, -0.05) is 52.5 Å². The van der Waals surface area contributed by atoms with Crippen LogP contribution in [0.15, 0.2) is 41.1 Å². The van der Waals surface area contributed by atoms with Gasteiger partial charge in [0.25, 0.3) is 0 Å². The van der Waals surface area contributed by atoms with Crippen LogP contribution >= 0.6 is 0 Å². The van der Waals surface area contributed by atoms with E-state index in [0.29, 0.717) is 0 Å². The molecule has 0 aromatic carbocycles. The summed E-state index contributed by atoms with van der Waals surface area (Å²) in [4.78, 5) is 3.95. The zero-order chi connectivity index (χ0) is 11.8. The number of hydrogen-bond donors (Lipinski definition) is 0. The first kappa shape index (κ1) is 13.9. The van der Waals surface area contributed by atoms with Crippen LogP contribution in [0.4, 0.5) is 0 Å². The Kier molecular flexibility index (Phi) is 6.68. The summed E-state index contributed by atoms with van der Waals surface area (Å²) in [7, 11) is 0. The van der Waals surface area contributed by atoms with Crippen molar-refractivity contribution in [2.75, 3.05) is 0 Å². The fraction of sp³-hybridized carbons (Fsp3) is 0.500. The van der Waals surface area contributed by atoms with Gasteiger partial charge in [-0.15, -0.1) is 0 Å². The Labute approximate surface area is 94.3 Å². The molecule has 2 atom stereocenters. The first-order valence-electron chi connectivity index (χ1n) is 5.88. The Balaban J connectivity index is 0.000000442. The van der Waals surface area contributed by atoms with E-state index in [-0.39, 0.29) is 0 Å². The molecule has 1 nitrogen and oxygen atoms in total. The number of rotatable bonds is 2. The van der Waals surface area contributed by atoms with E-state index in [1.807, 2.05) is 33.8 Å². The molecule has 0 N–H and O–H groups in total. The van der Waals surface area contributed by atoms with Gasteiger partial charge in [0.15, 0.2) is 0 Å². The molecule has 2 aliphatic carbocycles. The third-order valence-electron chi connectivity index (χ3n) is 2.34. The maximum Gasteiger partial charge on any atom is 0.0654 e. The second kappa shape index (κ2) is 7.22. The molecular formula is C14H23N. The van der Waals surface area contributed by atoms with Crippen molar-refractivity contribution in [3.63, 3.8) is 0 Å². The average Bonchev–Trinajstić information content (AvgIpc) is 3.10. The van der Waals surface area contributed by atoms with Gasteiger partial charge in [-0.25, -0.2) is 0 Å². The molecule has 2 rings (SSSR count). The molecule has 84 valence electrons. The first-order chi connectivity index (χ1) is 7.35. The number of aliphatic imine (C=N–C) groups is 1. The lowest BCUT2D eigenvalue weighted by atomic mass is 10.0. The summed E-state index contributed by atoms with van der Waals surface area (Å²) in [5.41, 5.74) is 2.16. The van der Waals surface area contributed by atoms with Crippen LogP contribution in [0.25, 0.3) is 0 Å². The highest BCUT2D eigenvalue weighted by Gasteiger charge is 2.36. The summed E-state index contributed by atoms with van der Waals surface area (Å²) in [6.45, 7) is 15.3. The molecule has 0 radical (unpaired) electrons. The molecule has 1 saturated carbocycles. The van der Waals surface area contributed by atoms with Gasteiger partial charge in [-0.05, 0) is 30.5 Å². The molecule has 15 heavy (non-hydrogen) atoms. The van der Waals surface area contributed by atoms with Gasteiger partial charge in [0.1, 0.15) is 0 Å². The molecule has 0 aromatic heterocycles. The summed E-state index contributed by atoms with van der Waals surface area (Å²) in [6.07, 6.45) is 7.60. The van der Waals surface area contributed by atoms with E-state index in [9.17, 15) is 0 Å². The molecule has 0 spiro atoms. The zero-order valence-electron chi connectivity index (χ0n) is 10.5. The van der Waals surface area contributed by atoms with Crippen molar-refractivity contribution in [3.05, 3.63) is 36.1 Å².